The van der Waals surface area contributed by atoms with Crippen molar-refractivity contribution in [2.75, 3.05) is 0 Å². The number of ketones is 1. The van der Waals surface area contributed by atoms with Gasteiger partial charge in [-0.25, -0.2) is 30.0 Å². The molecule has 0 N–H and O–H groups in total. The van der Waals surface area contributed by atoms with Crippen molar-refractivity contribution in [3.63, 3.8) is 0 Å². The van der Waals surface area contributed by atoms with E-state index in [-0.39, 0.29) is 41.1 Å². The van der Waals surface area contributed by atoms with E-state index in [0.717, 1.165) is 22.2 Å². The maximum Gasteiger partial charge on any atom is 0.268 e. The van der Waals surface area contributed by atoms with E-state index in [0.29, 0.717) is 18.2 Å². The number of hydrogen-bond acceptors (Lipinski definition) is 3. The monoisotopic (exact) mass is 409 g/mol. The molecule has 0 radical (unpaired) electrons. The normalized spacial score (nSPS) is 13.8. The van der Waals surface area contributed by atoms with Gasteiger partial charge in [-0.15, -0.1) is 0 Å². The fourth-order valence-corrected chi connectivity index (χ4v) is 4.87. The van der Waals surface area contributed by atoms with E-state index in [1.165, 1.54) is 6.07 Å². The maximum atomic E-state index is 14.3. The molecule has 0 bridgehead atoms. The molecule has 0 amide bonds. The van der Waals surface area contributed by atoms with Crippen LogP contribution >= 0.6 is 0 Å². The summed E-state index contributed by atoms with van der Waals surface area (Å²) in [5.74, 6) is -4.79. The Labute approximate surface area is 157 Å². The van der Waals surface area contributed by atoms with Crippen LogP contribution in [0.5, 0.6) is 0 Å². The highest BCUT2D eigenvalue weighted by Crippen LogP contribution is 2.36. The highest BCUT2D eigenvalue weighted by molar-refractivity contribution is 7.90. The summed E-state index contributed by atoms with van der Waals surface area (Å²) in [6.45, 7) is 0. The van der Waals surface area contributed by atoms with Crippen LogP contribution < -0.4 is 0 Å². The first kappa shape index (κ1) is 18.4. The highest BCUT2D eigenvalue weighted by Gasteiger charge is 2.33. The van der Waals surface area contributed by atoms with Crippen LogP contribution in [0.1, 0.15) is 22.5 Å². The van der Waals surface area contributed by atoms with Crippen LogP contribution in [0.15, 0.2) is 47.4 Å². The number of rotatable bonds is 3. The van der Waals surface area contributed by atoms with Gasteiger partial charge in [-0.3, -0.25) is 4.79 Å². The van der Waals surface area contributed by atoms with Gasteiger partial charge in [-0.05, 0) is 42.8 Å². The zero-order chi connectivity index (χ0) is 20.2. The second kappa shape index (κ2) is 6.30. The van der Waals surface area contributed by atoms with Crippen molar-refractivity contribution in [3.05, 3.63) is 77.0 Å². The summed E-state index contributed by atoms with van der Waals surface area (Å²) in [5.41, 5.74) is -0.214. The molecule has 4 nitrogen and oxygen atoms in total. The molecule has 0 aliphatic heterocycles. The van der Waals surface area contributed by atoms with E-state index in [9.17, 15) is 30.8 Å². The Morgan fingerprint density at radius 3 is 2.21 bits per heavy atom. The van der Waals surface area contributed by atoms with Crippen LogP contribution in [-0.2, 0) is 16.4 Å². The summed E-state index contributed by atoms with van der Waals surface area (Å²) in [4.78, 5) is 11.5. The number of benzene rings is 2. The standard InChI is InChI=1S/C19H11F4NO3S/c20-10-1-3-12(15(22)7-10)18-9-13-17(5-6-19(13)25)24(18)28(26,27)11-2-4-14(21)16(23)8-11/h1-4,7-9H,5-6H2. The SMILES string of the molecule is O=C1CCc2c1cc(-c1ccc(F)cc1F)n2S(=O)(=O)c1ccc(F)c(F)c1. The molecule has 0 fully saturated rings. The van der Waals surface area contributed by atoms with Gasteiger partial charge in [0.1, 0.15) is 11.6 Å². The van der Waals surface area contributed by atoms with Gasteiger partial charge in [0.25, 0.3) is 10.0 Å². The number of nitrogens with zero attached hydrogens (tertiary/aromatic N) is 1. The molecule has 0 saturated carbocycles. The van der Waals surface area contributed by atoms with Crippen molar-refractivity contribution in [3.8, 4) is 11.3 Å². The van der Waals surface area contributed by atoms with Crippen molar-refractivity contribution in [1.82, 2.24) is 3.97 Å². The fourth-order valence-electron chi connectivity index (χ4n) is 3.28. The van der Waals surface area contributed by atoms with E-state index in [1.807, 2.05) is 0 Å². The fraction of sp³-hybridized carbons (Fsp3) is 0.105. The average Bonchev–Trinajstić information content (AvgIpc) is 3.17. The Hall–Kier alpha value is -2.94. The van der Waals surface area contributed by atoms with E-state index in [1.54, 1.807) is 0 Å². The van der Waals surface area contributed by atoms with Crippen molar-refractivity contribution in [1.29, 1.82) is 0 Å². The minimum atomic E-state index is -4.49. The molecule has 9 heteroatoms. The van der Waals surface area contributed by atoms with Gasteiger partial charge in [0, 0.05) is 29.3 Å². The minimum Gasteiger partial charge on any atom is -0.294 e. The number of hydrogen-bond donors (Lipinski definition) is 0. The van der Waals surface area contributed by atoms with Crippen molar-refractivity contribution < 1.29 is 30.8 Å². The van der Waals surface area contributed by atoms with Crippen LogP contribution in [0.2, 0.25) is 0 Å². The summed E-state index contributed by atoms with van der Waals surface area (Å²) >= 11 is 0. The zero-order valence-corrected chi connectivity index (χ0v) is 14.9. The molecule has 1 aliphatic carbocycles. The Kier molecular flexibility index (Phi) is 4.15. The summed E-state index contributed by atoms with van der Waals surface area (Å²) < 4.78 is 81.5. The number of fused-ring (bicyclic) bond motifs is 1. The molecule has 2 aromatic carbocycles. The van der Waals surface area contributed by atoms with Gasteiger partial charge in [-0.2, -0.15) is 0 Å². The van der Waals surface area contributed by atoms with Gasteiger partial charge in [0.15, 0.2) is 17.4 Å². The number of Topliss-reactive ketones (excluding diaryl/α,β-unsaturated/α-hetero) is 1. The van der Waals surface area contributed by atoms with Crippen LogP contribution in [0.25, 0.3) is 11.3 Å². The zero-order valence-electron chi connectivity index (χ0n) is 14.0. The van der Waals surface area contributed by atoms with Gasteiger partial charge in [-0.1, -0.05) is 0 Å². The summed E-state index contributed by atoms with van der Waals surface area (Å²) in [6, 6.07) is 5.86. The lowest BCUT2D eigenvalue weighted by Crippen LogP contribution is -2.17. The lowest BCUT2D eigenvalue weighted by atomic mass is 10.1. The minimum absolute atomic E-state index is 0.0736. The third kappa shape index (κ3) is 2.73. The first-order valence-corrected chi connectivity index (χ1v) is 9.58. The number of halogens is 4. The second-order valence-electron chi connectivity index (χ2n) is 6.28. The average molecular weight is 409 g/mol. The lowest BCUT2D eigenvalue weighted by Gasteiger charge is -2.14. The third-order valence-electron chi connectivity index (χ3n) is 4.58. The molecule has 1 aromatic heterocycles. The summed E-state index contributed by atoms with van der Waals surface area (Å²) in [5, 5.41) is 0. The van der Waals surface area contributed by atoms with Crippen LogP contribution in [-0.4, -0.2) is 18.2 Å². The van der Waals surface area contributed by atoms with Gasteiger partial charge in [0.2, 0.25) is 0 Å². The predicted molar refractivity (Wildman–Crippen MR) is 91.4 cm³/mol. The highest BCUT2D eigenvalue weighted by atomic mass is 32.2. The van der Waals surface area contributed by atoms with Crippen LogP contribution in [0, 0.1) is 23.3 Å². The Bertz CT molecular complexity index is 1250. The molecule has 28 heavy (non-hydrogen) atoms. The van der Waals surface area contributed by atoms with E-state index in [2.05, 4.69) is 0 Å². The molecular weight excluding hydrogens is 398 g/mol. The molecule has 1 aliphatic rings. The van der Waals surface area contributed by atoms with Gasteiger partial charge in [0.05, 0.1) is 10.6 Å². The molecule has 0 unspecified atom stereocenters. The van der Waals surface area contributed by atoms with Crippen molar-refractivity contribution in [2.45, 2.75) is 17.7 Å². The predicted octanol–water partition coefficient (Wildman–Crippen LogP) is 4.08. The molecule has 144 valence electrons. The first-order chi connectivity index (χ1) is 13.2. The molecule has 0 spiro atoms. The van der Waals surface area contributed by atoms with Crippen LogP contribution in [0.3, 0.4) is 0 Å². The Morgan fingerprint density at radius 1 is 0.786 bits per heavy atom. The van der Waals surface area contributed by atoms with Crippen LogP contribution in [0.4, 0.5) is 17.6 Å². The molecule has 0 atom stereocenters. The third-order valence-corrected chi connectivity index (χ3v) is 6.33. The quantitative estimate of drug-likeness (QED) is 0.613. The number of aromatic nitrogens is 1. The van der Waals surface area contributed by atoms with E-state index >= 15 is 0 Å². The van der Waals surface area contributed by atoms with E-state index < -0.39 is 38.2 Å². The molecule has 1 heterocycles. The maximum absolute atomic E-state index is 14.3. The van der Waals surface area contributed by atoms with Crippen molar-refractivity contribution in [2.24, 2.45) is 0 Å². The molecular formula is C19H11F4NO3S. The van der Waals surface area contributed by atoms with Gasteiger partial charge >= 0.3 is 0 Å². The number of carbonyl (C=O) groups excluding carboxylic acids is 1. The van der Waals surface area contributed by atoms with Crippen molar-refractivity contribution >= 4 is 15.8 Å². The Morgan fingerprint density at radius 2 is 1.54 bits per heavy atom. The number of carbonyl (C=O) groups is 1. The van der Waals surface area contributed by atoms with Gasteiger partial charge < -0.3 is 0 Å². The largest absolute Gasteiger partial charge is 0.294 e. The van der Waals surface area contributed by atoms with E-state index in [4.69, 9.17) is 0 Å². The lowest BCUT2D eigenvalue weighted by molar-refractivity contribution is 0.0994. The first-order valence-electron chi connectivity index (χ1n) is 8.14. The Balaban J connectivity index is 2.02. The molecule has 0 saturated heterocycles. The summed E-state index contributed by atoms with van der Waals surface area (Å²) in [6.07, 6.45) is 0.157. The topological polar surface area (TPSA) is 56.1 Å². The second-order valence-corrected chi connectivity index (χ2v) is 8.07. The molecule has 4 rings (SSSR count). The smallest absolute Gasteiger partial charge is 0.268 e. The summed E-state index contributed by atoms with van der Waals surface area (Å²) in [7, 11) is -4.49. The molecule has 3 aromatic rings.